The van der Waals surface area contributed by atoms with Crippen molar-refractivity contribution in [3.8, 4) is 0 Å². The summed E-state index contributed by atoms with van der Waals surface area (Å²) in [5.41, 5.74) is 7.19. The van der Waals surface area contributed by atoms with Gasteiger partial charge in [0.1, 0.15) is 5.82 Å². The molecule has 4 heteroatoms. The third-order valence-electron chi connectivity index (χ3n) is 2.78. The Labute approximate surface area is 103 Å². The van der Waals surface area contributed by atoms with Crippen molar-refractivity contribution in [3.05, 3.63) is 29.6 Å². The second-order valence-corrected chi connectivity index (χ2v) is 4.50. The Kier molecular flexibility index (Phi) is 5.38. The van der Waals surface area contributed by atoms with Gasteiger partial charge in [0.25, 0.3) is 0 Å². The number of benzene rings is 1. The van der Waals surface area contributed by atoms with Crippen molar-refractivity contribution in [2.45, 2.75) is 6.42 Å². The molecule has 0 aliphatic carbocycles. The SMILES string of the molecule is CN(C)CCN(C)c1cccc(F)c1CCN. The number of nitrogens with zero attached hydrogens (tertiary/aromatic N) is 2. The molecule has 0 fully saturated rings. The van der Waals surface area contributed by atoms with Crippen LogP contribution in [0.3, 0.4) is 0 Å². The molecule has 0 heterocycles. The van der Waals surface area contributed by atoms with Gasteiger partial charge in [-0.25, -0.2) is 4.39 Å². The third kappa shape index (κ3) is 3.98. The van der Waals surface area contributed by atoms with Gasteiger partial charge in [-0.2, -0.15) is 0 Å². The summed E-state index contributed by atoms with van der Waals surface area (Å²) in [6.07, 6.45) is 0.578. The lowest BCUT2D eigenvalue weighted by molar-refractivity contribution is 0.416. The average Bonchev–Trinajstić information content (AvgIpc) is 2.29. The molecule has 0 saturated carbocycles. The third-order valence-corrected chi connectivity index (χ3v) is 2.78. The molecular weight excluding hydrogens is 217 g/mol. The second kappa shape index (κ2) is 6.57. The second-order valence-electron chi connectivity index (χ2n) is 4.50. The summed E-state index contributed by atoms with van der Waals surface area (Å²) < 4.78 is 13.7. The Balaban J connectivity index is 2.84. The summed E-state index contributed by atoms with van der Waals surface area (Å²) in [5, 5.41) is 0. The van der Waals surface area contributed by atoms with Crippen LogP contribution in [0.15, 0.2) is 18.2 Å². The van der Waals surface area contributed by atoms with Crippen molar-refractivity contribution in [1.29, 1.82) is 0 Å². The maximum Gasteiger partial charge on any atom is 0.128 e. The minimum absolute atomic E-state index is 0.162. The molecule has 0 amide bonds. The molecular formula is C13H22FN3. The minimum atomic E-state index is -0.162. The standard InChI is InChI=1S/C13H22FN3/c1-16(2)9-10-17(3)13-6-4-5-12(14)11(13)7-8-15/h4-6H,7-10,15H2,1-3H3. The first kappa shape index (κ1) is 13.9. The van der Waals surface area contributed by atoms with Crippen molar-refractivity contribution in [1.82, 2.24) is 4.90 Å². The first-order chi connectivity index (χ1) is 8.06. The van der Waals surface area contributed by atoms with Gasteiger partial charge in [0.05, 0.1) is 0 Å². The fraction of sp³-hybridized carbons (Fsp3) is 0.538. The molecule has 1 aromatic rings. The van der Waals surface area contributed by atoms with E-state index in [9.17, 15) is 4.39 Å². The summed E-state index contributed by atoms with van der Waals surface area (Å²) in [4.78, 5) is 4.19. The Morgan fingerprint density at radius 3 is 2.47 bits per heavy atom. The maximum atomic E-state index is 13.7. The van der Waals surface area contributed by atoms with Gasteiger partial charge >= 0.3 is 0 Å². The van der Waals surface area contributed by atoms with Crippen molar-refractivity contribution >= 4 is 5.69 Å². The van der Waals surface area contributed by atoms with Gasteiger partial charge in [0, 0.05) is 31.4 Å². The number of nitrogens with two attached hydrogens (primary N) is 1. The van der Waals surface area contributed by atoms with Crippen LogP contribution in [-0.4, -0.2) is 45.7 Å². The van der Waals surface area contributed by atoms with Gasteiger partial charge < -0.3 is 15.5 Å². The average molecular weight is 239 g/mol. The molecule has 0 saturated heterocycles. The van der Waals surface area contributed by atoms with Gasteiger partial charge in [-0.15, -0.1) is 0 Å². The van der Waals surface area contributed by atoms with E-state index in [4.69, 9.17) is 5.73 Å². The number of likely N-dealkylation sites (N-methyl/N-ethyl adjacent to an activating group) is 2. The Morgan fingerprint density at radius 1 is 1.18 bits per heavy atom. The number of anilines is 1. The van der Waals surface area contributed by atoms with Gasteiger partial charge in [-0.1, -0.05) is 6.07 Å². The predicted octanol–water partition coefficient (Wildman–Crippen LogP) is 1.32. The molecule has 96 valence electrons. The van der Waals surface area contributed by atoms with Gasteiger partial charge in [0.2, 0.25) is 0 Å². The van der Waals surface area contributed by atoms with Crippen molar-refractivity contribution in [2.75, 3.05) is 45.7 Å². The largest absolute Gasteiger partial charge is 0.373 e. The van der Waals surface area contributed by atoms with Crippen LogP contribution in [0, 0.1) is 5.82 Å². The highest BCUT2D eigenvalue weighted by Gasteiger charge is 2.11. The summed E-state index contributed by atoms with van der Waals surface area (Å²) in [7, 11) is 6.04. The van der Waals surface area contributed by atoms with Crippen LogP contribution < -0.4 is 10.6 Å². The first-order valence-corrected chi connectivity index (χ1v) is 5.89. The predicted molar refractivity (Wildman–Crippen MR) is 71.0 cm³/mol. The zero-order valence-corrected chi connectivity index (χ0v) is 10.9. The summed E-state index contributed by atoms with van der Waals surface area (Å²) in [6.45, 7) is 2.28. The van der Waals surface area contributed by atoms with Crippen molar-refractivity contribution in [2.24, 2.45) is 5.73 Å². The molecule has 0 unspecified atom stereocenters. The molecule has 0 radical (unpaired) electrons. The number of rotatable bonds is 6. The number of halogens is 1. The molecule has 0 bridgehead atoms. The van der Waals surface area contributed by atoms with Crippen LogP contribution in [0.5, 0.6) is 0 Å². The normalized spacial score (nSPS) is 10.9. The molecule has 0 aliphatic rings. The minimum Gasteiger partial charge on any atom is -0.373 e. The lowest BCUT2D eigenvalue weighted by Gasteiger charge is -2.24. The number of hydrogen-bond acceptors (Lipinski definition) is 3. The van der Waals surface area contributed by atoms with E-state index in [0.717, 1.165) is 24.3 Å². The van der Waals surface area contributed by atoms with Crippen molar-refractivity contribution in [3.63, 3.8) is 0 Å². The summed E-state index contributed by atoms with van der Waals surface area (Å²) >= 11 is 0. The summed E-state index contributed by atoms with van der Waals surface area (Å²) in [6, 6.07) is 5.19. The van der Waals surface area contributed by atoms with Crippen LogP contribution in [0.4, 0.5) is 10.1 Å². The monoisotopic (exact) mass is 239 g/mol. The highest BCUT2D eigenvalue weighted by atomic mass is 19.1. The molecule has 0 aromatic heterocycles. The van der Waals surface area contributed by atoms with E-state index in [1.807, 2.05) is 27.2 Å². The van der Waals surface area contributed by atoms with E-state index in [-0.39, 0.29) is 5.82 Å². The molecule has 0 atom stereocenters. The number of hydrogen-bond donors (Lipinski definition) is 1. The van der Waals surface area contributed by atoms with Crippen LogP contribution in [0.1, 0.15) is 5.56 Å². The van der Waals surface area contributed by atoms with Gasteiger partial charge in [0.15, 0.2) is 0 Å². The van der Waals surface area contributed by atoms with E-state index in [1.54, 1.807) is 6.07 Å². The molecule has 0 spiro atoms. The fourth-order valence-corrected chi connectivity index (χ4v) is 1.77. The van der Waals surface area contributed by atoms with Crippen LogP contribution >= 0.6 is 0 Å². The van der Waals surface area contributed by atoms with Gasteiger partial charge in [-0.3, -0.25) is 0 Å². The van der Waals surface area contributed by atoms with Crippen LogP contribution in [0.25, 0.3) is 0 Å². The van der Waals surface area contributed by atoms with Gasteiger partial charge in [-0.05, 0) is 39.2 Å². The van der Waals surface area contributed by atoms with E-state index in [1.165, 1.54) is 6.07 Å². The maximum absolute atomic E-state index is 13.7. The topological polar surface area (TPSA) is 32.5 Å². The molecule has 1 aromatic carbocycles. The van der Waals surface area contributed by atoms with Crippen LogP contribution in [-0.2, 0) is 6.42 Å². The lowest BCUT2D eigenvalue weighted by atomic mass is 10.1. The molecule has 17 heavy (non-hydrogen) atoms. The Hall–Kier alpha value is -1.13. The Bertz CT molecular complexity index is 353. The zero-order valence-electron chi connectivity index (χ0n) is 10.9. The summed E-state index contributed by atoms with van der Waals surface area (Å²) in [5.74, 6) is -0.162. The zero-order chi connectivity index (χ0) is 12.8. The fourth-order valence-electron chi connectivity index (χ4n) is 1.77. The molecule has 2 N–H and O–H groups in total. The molecule has 0 aliphatic heterocycles. The smallest absolute Gasteiger partial charge is 0.128 e. The Morgan fingerprint density at radius 2 is 1.88 bits per heavy atom. The first-order valence-electron chi connectivity index (χ1n) is 5.89. The van der Waals surface area contributed by atoms with E-state index in [0.29, 0.717) is 13.0 Å². The van der Waals surface area contributed by atoms with Crippen molar-refractivity contribution < 1.29 is 4.39 Å². The van der Waals surface area contributed by atoms with E-state index >= 15 is 0 Å². The highest BCUT2D eigenvalue weighted by molar-refractivity contribution is 5.53. The van der Waals surface area contributed by atoms with E-state index < -0.39 is 0 Å². The lowest BCUT2D eigenvalue weighted by Crippen LogP contribution is -2.29. The molecule has 3 nitrogen and oxygen atoms in total. The molecule has 1 rings (SSSR count). The quantitative estimate of drug-likeness (QED) is 0.813. The van der Waals surface area contributed by atoms with E-state index in [2.05, 4.69) is 9.80 Å². The highest BCUT2D eigenvalue weighted by Crippen LogP contribution is 2.22. The van der Waals surface area contributed by atoms with Crippen LogP contribution in [0.2, 0.25) is 0 Å².